The number of amides is 2. The van der Waals surface area contributed by atoms with Crippen molar-refractivity contribution < 1.29 is 24.5 Å². The summed E-state index contributed by atoms with van der Waals surface area (Å²) in [4.78, 5) is 23.3. The Labute approximate surface area is 118 Å². The van der Waals surface area contributed by atoms with Crippen LogP contribution in [0.2, 0.25) is 0 Å². The highest BCUT2D eigenvalue weighted by Gasteiger charge is 2.32. The van der Waals surface area contributed by atoms with E-state index < -0.39 is 30.4 Å². The van der Waals surface area contributed by atoms with Gasteiger partial charge in [-0.25, -0.2) is 4.79 Å². The Morgan fingerprint density at radius 1 is 1.55 bits per heavy atom. The van der Waals surface area contributed by atoms with Crippen molar-refractivity contribution >= 4 is 12.0 Å². The highest BCUT2D eigenvalue weighted by molar-refractivity contribution is 5.80. The zero-order valence-electron chi connectivity index (χ0n) is 12.2. The van der Waals surface area contributed by atoms with Crippen molar-refractivity contribution in [1.29, 1.82) is 0 Å². The van der Waals surface area contributed by atoms with Gasteiger partial charge in [-0.05, 0) is 33.6 Å². The van der Waals surface area contributed by atoms with E-state index in [2.05, 4.69) is 10.6 Å². The number of aliphatic hydroxyl groups is 2. The van der Waals surface area contributed by atoms with Gasteiger partial charge in [0.15, 0.2) is 0 Å². The Hall–Kier alpha value is -1.34. The predicted molar refractivity (Wildman–Crippen MR) is 72.0 cm³/mol. The Bertz CT molecular complexity index is 353. The van der Waals surface area contributed by atoms with E-state index in [1.54, 1.807) is 20.8 Å². The number of alkyl carbamates (subject to hydrolysis) is 1. The average molecular weight is 288 g/mol. The van der Waals surface area contributed by atoms with Gasteiger partial charge in [0, 0.05) is 12.5 Å². The van der Waals surface area contributed by atoms with Crippen LogP contribution in [-0.4, -0.2) is 53.1 Å². The van der Waals surface area contributed by atoms with Crippen molar-refractivity contribution in [3.05, 3.63) is 0 Å². The van der Waals surface area contributed by atoms with E-state index in [4.69, 9.17) is 9.84 Å². The highest BCUT2D eigenvalue weighted by atomic mass is 16.6. The number of carbonyl (C=O) groups excluding carboxylic acids is 2. The molecule has 0 aromatic heterocycles. The fourth-order valence-corrected chi connectivity index (χ4v) is 2.07. The zero-order chi connectivity index (χ0) is 15.3. The van der Waals surface area contributed by atoms with Gasteiger partial charge in [0.25, 0.3) is 0 Å². The number of rotatable bonds is 5. The molecule has 0 aromatic rings. The van der Waals surface area contributed by atoms with Gasteiger partial charge in [0.05, 0.1) is 18.8 Å². The summed E-state index contributed by atoms with van der Waals surface area (Å²) in [6, 6.07) is -0.719. The first kappa shape index (κ1) is 16.7. The number of hydrogen-bond acceptors (Lipinski definition) is 5. The molecule has 20 heavy (non-hydrogen) atoms. The zero-order valence-corrected chi connectivity index (χ0v) is 12.2. The fraction of sp³-hybridized carbons (Fsp3) is 0.846. The summed E-state index contributed by atoms with van der Waals surface area (Å²) < 4.78 is 5.11. The molecule has 4 N–H and O–H groups in total. The van der Waals surface area contributed by atoms with E-state index in [1.165, 1.54) is 0 Å². The second-order valence-electron chi connectivity index (χ2n) is 6.01. The van der Waals surface area contributed by atoms with E-state index in [9.17, 15) is 14.7 Å². The molecule has 0 bridgehead atoms. The van der Waals surface area contributed by atoms with Crippen LogP contribution < -0.4 is 10.6 Å². The second-order valence-corrected chi connectivity index (χ2v) is 6.01. The minimum absolute atomic E-state index is 0.0915. The molecule has 1 fully saturated rings. The number of carbonyl (C=O) groups is 2. The first-order valence-electron chi connectivity index (χ1n) is 6.79. The third-order valence-corrected chi connectivity index (χ3v) is 3.05. The van der Waals surface area contributed by atoms with Crippen molar-refractivity contribution in [2.45, 2.75) is 51.4 Å². The Kier molecular flexibility index (Phi) is 5.76. The molecule has 7 heteroatoms. The molecule has 1 aliphatic heterocycles. The Morgan fingerprint density at radius 3 is 2.65 bits per heavy atom. The molecule has 0 aromatic carbocycles. The van der Waals surface area contributed by atoms with Crippen LogP contribution in [0.25, 0.3) is 0 Å². The first-order chi connectivity index (χ1) is 9.23. The van der Waals surface area contributed by atoms with Crippen LogP contribution in [0.5, 0.6) is 0 Å². The molecule has 1 rings (SSSR count). The number of aliphatic hydroxyl groups excluding tert-OH is 2. The SMILES string of the molecule is CC(C)(C)OC(=O)N[C@@H](C[C@@H]1CCNC1=O)C(O)CO. The van der Waals surface area contributed by atoms with E-state index >= 15 is 0 Å². The van der Waals surface area contributed by atoms with Crippen molar-refractivity contribution in [3.8, 4) is 0 Å². The van der Waals surface area contributed by atoms with E-state index in [0.29, 0.717) is 13.0 Å². The summed E-state index contributed by atoms with van der Waals surface area (Å²) in [5.41, 5.74) is -0.649. The van der Waals surface area contributed by atoms with E-state index in [-0.39, 0.29) is 18.2 Å². The monoisotopic (exact) mass is 288 g/mol. The average Bonchev–Trinajstić information content (AvgIpc) is 2.70. The van der Waals surface area contributed by atoms with Gasteiger partial charge in [-0.1, -0.05) is 0 Å². The second kappa shape index (κ2) is 6.90. The lowest BCUT2D eigenvalue weighted by Gasteiger charge is -2.27. The highest BCUT2D eigenvalue weighted by Crippen LogP contribution is 2.18. The maximum atomic E-state index is 11.7. The van der Waals surface area contributed by atoms with Crippen LogP contribution in [0.15, 0.2) is 0 Å². The number of nitrogens with one attached hydrogen (secondary N) is 2. The minimum Gasteiger partial charge on any atom is -0.444 e. The van der Waals surface area contributed by atoms with Gasteiger partial charge in [0.2, 0.25) is 5.91 Å². The molecule has 1 saturated heterocycles. The fourth-order valence-electron chi connectivity index (χ4n) is 2.07. The van der Waals surface area contributed by atoms with Crippen LogP contribution >= 0.6 is 0 Å². The largest absolute Gasteiger partial charge is 0.444 e. The molecular weight excluding hydrogens is 264 g/mol. The molecule has 116 valence electrons. The summed E-state index contributed by atoms with van der Waals surface area (Å²) in [6.07, 6.45) is -0.875. The first-order valence-corrected chi connectivity index (χ1v) is 6.79. The molecule has 1 heterocycles. The van der Waals surface area contributed by atoms with Crippen molar-refractivity contribution in [2.75, 3.05) is 13.2 Å². The summed E-state index contributed by atoms with van der Waals surface area (Å²) in [5, 5.41) is 24.0. The Balaban J connectivity index is 2.60. The standard InChI is InChI=1S/C13H24N2O5/c1-13(2,3)20-12(19)15-9(10(17)7-16)6-8-4-5-14-11(8)18/h8-10,16-17H,4-7H2,1-3H3,(H,14,18)(H,15,19)/t8-,9-,10?/m0/s1. The van der Waals surface area contributed by atoms with Crippen LogP contribution in [0, 0.1) is 5.92 Å². The lowest BCUT2D eigenvalue weighted by Crippen LogP contribution is -2.48. The predicted octanol–water partition coefficient (Wildman–Crippen LogP) is -0.241. The maximum Gasteiger partial charge on any atom is 0.407 e. The lowest BCUT2D eigenvalue weighted by atomic mass is 9.95. The quantitative estimate of drug-likeness (QED) is 0.558. The van der Waals surface area contributed by atoms with Crippen molar-refractivity contribution in [2.24, 2.45) is 5.92 Å². The van der Waals surface area contributed by atoms with Gasteiger partial charge in [0.1, 0.15) is 5.60 Å². The summed E-state index contributed by atoms with van der Waals surface area (Å²) in [6.45, 7) is 5.30. The summed E-state index contributed by atoms with van der Waals surface area (Å²) >= 11 is 0. The van der Waals surface area contributed by atoms with Crippen LogP contribution in [-0.2, 0) is 9.53 Å². The molecular formula is C13H24N2O5. The molecule has 7 nitrogen and oxygen atoms in total. The van der Waals surface area contributed by atoms with Crippen LogP contribution in [0.4, 0.5) is 4.79 Å². The van der Waals surface area contributed by atoms with E-state index in [1.807, 2.05) is 0 Å². The number of hydrogen-bond donors (Lipinski definition) is 4. The lowest BCUT2D eigenvalue weighted by molar-refractivity contribution is -0.123. The van der Waals surface area contributed by atoms with Gasteiger partial charge in [-0.15, -0.1) is 0 Å². The molecule has 1 unspecified atom stereocenters. The molecule has 0 spiro atoms. The van der Waals surface area contributed by atoms with Crippen LogP contribution in [0.1, 0.15) is 33.6 Å². The van der Waals surface area contributed by atoms with Gasteiger partial charge >= 0.3 is 6.09 Å². The third-order valence-electron chi connectivity index (χ3n) is 3.05. The molecule has 3 atom stereocenters. The smallest absolute Gasteiger partial charge is 0.407 e. The van der Waals surface area contributed by atoms with Crippen LogP contribution in [0.3, 0.4) is 0 Å². The van der Waals surface area contributed by atoms with Gasteiger partial charge in [-0.3, -0.25) is 4.79 Å². The van der Waals surface area contributed by atoms with Gasteiger partial charge in [-0.2, -0.15) is 0 Å². The van der Waals surface area contributed by atoms with E-state index in [0.717, 1.165) is 0 Å². The molecule has 0 radical (unpaired) electrons. The summed E-state index contributed by atoms with van der Waals surface area (Å²) in [7, 11) is 0. The molecule has 0 aliphatic carbocycles. The topological polar surface area (TPSA) is 108 Å². The summed E-state index contributed by atoms with van der Waals surface area (Å²) in [5.74, 6) is -0.359. The van der Waals surface area contributed by atoms with Crippen molar-refractivity contribution in [1.82, 2.24) is 10.6 Å². The van der Waals surface area contributed by atoms with Gasteiger partial charge < -0.3 is 25.6 Å². The minimum atomic E-state index is -1.13. The molecule has 2 amide bonds. The molecule has 0 saturated carbocycles. The normalized spacial score (nSPS) is 22.1. The maximum absolute atomic E-state index is 11.7. The number of ether oxygens (including phenoxy) is 1. The van der Waals surface area contributed by atoms with Crippen molar-refractivity contribution in [3.63, 3.8) is 0 Å². The Morgan fingerprint density at radius 2 is 2.20 bits per heavy atom. The molecule has 1 aliphatic rings. The third kappa shape index (κ3) is 5.34.